The van der Waals surface area contributed by atoms with Gasteiger partial charge in [-0.3, -0.25) is 0 Å². The Balaban J connectivity index is 2.15. The monoisotopic (exact) mass is 261 g/mol. The molecular formula is C15H19NO3. The molecule has 1 fully saturated rings. The standard InChI is InChI=1S/C15H19NO3/c1-15(2)11-19-10-9-16(15)13-6-3-12(4-7-13)5-8-14(17)18/h3-8H,9-11H2,1-2H3,(H,17,18). The predicted octanol–water partition coefficient (Wildman–Crippen LogP) is 2.40. The first-order chi connectivity index (χ1) is 8.99. The van der Waals surface area contributed by atoms with Gasteiger partial charge in [0.25, 0.3) is 0 Å². The first kappa shape index (κ1) is 13.6. The third kappa shape index (κ3) is 3.35. The van der Waals surface area contributed by atoms with Crippen LogP contribution in [0.2, 0.25) is 0 Å². The van der Waals surface area contributed by atoms with Gasteiger partial charge in [-0.1, -0.05) is 12.1 Å². The van der Waals surface area contributed by atoms with Crippen molar-refractivity contribution in [1.82, 2.24) is 0 Å². The van der Waals surface area contributed by atoms with Crippen LogP contribution >= 0.6 is 0 Å². The zero-order chi connectivity index (χ0) is 13.9. The number of benzene rings is 1. The molecule has 0 unspecified atom stereocenters. The normalized spacial score (nSPS) is 18.7. The summed E-state index contributed by atoms with van der Waals surface area (Å²) in [7, 11) is 0. The molecule has 4 heteroatoms. The van der Waals surface area contributed by atoms with E-state index in [1.807, 2.05) is 24.3 Å². The highest BCUT2D eigenvalue weighted by Gasteiger charge is 2.30. The van der Waals surface area contributed by atoms with E-state index in [9.17, 15) is 4.79 Å². The van der Waals surface area contributed by atoms with Gasteiger partial charge in [0.1, 0.15) is 0 Å². The number of carboxylic acid groups (broad SMARTS) is 1. The second-order valence-corrected chi connectivity index (χ2v) is 5.28. The zero-order valence-corrected chi connectivity index (χ0v) is 11.3. The second kappa shape index (κ2) is 5.45. The van der Waals surface area contributed by atoms with Crippen LogP contribution in [-0.4, -0.2) is 36.4 Å². The molecule has 1 heterocycles. The van der Waals surface area contributed by atoms with E-state index in [4.69, 9.17) is 9.84 Å². The summed E-state index contributed by atoms with van der Waals surface area (Å²) in [4.78, 5) is 12.8. The predicted molar refractivity (Wildman–Crippen MR) is 75.4 cm³/mol. The lowest BCUT2D eigenvalue weighted by atomic mass is 10.0. The van der Waals surface area contributed by atoms with Crippen LogP contribution in [0.5, 0.6) is 0 Å². The van der Waals surface area contributed by atoms with Gasteiger partial charge in [-0.2, -0.15) is 0 Å². The number of nitrogens with zero attached hydrogens (tertiary/aromatic N) is 1. The van der Waals surface area contributed by atoms with Gasteiger partial charge in [-0.05, 0) is 37.6 Å². The molecule has 0 radical (unpaired) electrons. The molecular weight excluding hydrogens is 242 g/mol. The van der Waals surface area contributed by atoms with Gasteiger partial charge in [0.2, 0.25) is 0 Å². The van der Waals surface area contributed by atoms with Crippen molar-refractivity contribution in [3.05, 3.63) is 35.9 Å². The fourth-order valence-electron chi connectivity index (χ4n) is 2.27. The highest BCUT2D eigenvalue weighted by Crippen LogP contribution is 2.27. The van der Waals surface area contributed by atoms with E-state index >= 15 is 0 Å². The molecule has 102 valence electrons. The maximum atomic E-state index is 10.5. The molecule has 0 amide bonds. The third-order valence-corrected chi connectivity index (χ3v) is 3.27. The highest BCUT2D eigenvalue weighted by molar-refractivity contribution is 5.85. The Morgan fingerprint density at radius 1 is 1.37 bits per heavy atom. The zero-order valence-electron chi connectivity index (χ0n) is 11.3. The van der Waals surface area contributed by atoms with Crippen molar-refractivity contribution in [3.8, 4) is 0 Å². The summed E-state index contributed by atoms with van der Waals surface area (Å²) in [5, 5.41) is 8.59. The molecule has 1 N–H and O–H groups in total. The summed E-state index contributed by atoms with van der Waals surface area (Å²) < 4.78 is 5.51. The van der Waals surface area contributed by atoms with E-state index in [1.54, 1.807) is 6.08 Å². The van der Waals surface area contributed by atoms with Crippen LogP contribution in [0.1, 0.15) is 19.4 Å². The Labute approximate surface area is 113 Å². The van der Waals surface area contributed by atoms with Gasteiger partial charge in [0.15, 0.2) is 0 Å². The number of ether oxygens (including phenoxy) is 1. The third-order valence-electron chi connectivity index (χ3n) is 3.27. The summed E-state index contributed by atoms with van der Waals surface area (Å²) in [6.45, 7) is 6.64. The fourth-order valence-corrected chi connectivity index (χ4v) is 2.27. The number of anilines is 1. The molecule has 2 rings (SSSR count). The summed E-state index contributed by atoms with van der Waals surface area (Å²) in [5.74, 6) is -0.932. The smallest absolute Gasteiger partial charge is 0.328 e. The molecule has 0 spiro atoms. The van der Waals surface area contributed by atoms with Gasteiger partial charge in [0, 0.05) is 18.3 Å². The van der Waals surface area contributed by atoms with Crippen molar-refractivity contribution in [2.45, 2.75) is 19.4 Å². The number of carboxylic acids is 1. The molecule has 19 heavy (non-hydrogen) atoms. The Morgan fingerprint density at radius 3 is 2.63 bits per heavy atom. The lowest BCUT2D eigenvalue weighted by Gasteiger charge is -2.43. The van der Waals surface area contributed by atoms with Crippen LogP contribution in [0.4, 0.5) is 5.69 Å². The lowest BCUT2D eigenvalue weighted by Crippen LogP contribution is -2.53. The first-order valence-corrected chi connectivity index (χ1v) is 6.35. The van der Waals surface area contributed by atoms with Crippen LogP contribution in [-0.2, 0) is 9.53 Å². The Morgan fingerprint density at radius 2 is 2.05 bits per heavy atom. The minimum absolute atomic E-state index is 0.0172. The van der Waals surface area contributed by atoms with Crippen molar-refractivity contribution >= 4 is 17.7 Å². The molecule has 0 bridgehead atoms. The lowest BCUT2D eigenvalue weighted by molar-refractivity contribution is -0.131. The van der Waals surface area contributed by atoms with Crippen LogP contribution < -0.4 is 4.90 Å². The number of morpholine rings is 1. The topological polar surface area (TPSA) is 49.8 Å². The van der Waals surface area contributed by atoms with Crippen molar-refractivity contribution in [2.75, 3.05) is 24.7 Å². The SMILES string of the molecule is CC1(C)COCCN1c1ccc(C=CC(=O)O)cc1. The molecule has 1 saturated heterocycles. The van der Waals surface area contributed by atoms with E-state index < -0.39 is 5.97 Å². The number of carbonyl (C=O) groups is 1. The van der Waals surface area contributed by atoms with Crippen LogP contribution in [0.25, 0.3) is 6.08 Å². The van der Waals surface area contributed by atoms with E-state index in [1.165, 1.54) is 0 Å². The number of hydrogen-bond donors (Lipinski definition) is 1. The number of aliphatic carboxylic acids is 1. The van der Waals surface area contributed by atoms with E-state index in [-0.39, 0.29) is 5.54 Å². The summed E-state index contributed by atoms with van der Waals surface area (Å²) in [5.41, 5.74) is 2.01. The number of hydrogen-bond acceptors (Lipinski definition) is 3. The van der Waals surface area contributed by atoms with Crippen molar-refractivity contribution in [3.63, 3.8) is 0 Å². The largest absolute Gasteiger partial charge is 0.478 e. The highest BCUT2D eigenvalue weighted by atomic mass is 16.5. The molecule has 0 aliphatic carbocycles. The van der Waals surface area contributed by atoms with Crippen LogP contribution in [0.15, 0.2) is 30.3 Å². The van der Waals surface area contributed by atoms with Gasteiger partial charge < -0.3 is 14.7 Å². The van der Waals surface area contributed by atoms with Gasteiger partial charge in [-0.25, -0.2) is 4.79 Å². The second-order valence-electron chi connectivity index (χ2n) is 5.28. The fraction of sp³-hybridized carbons (Fsp3) is 0.400. The number of rotatable bonds is 3. The summed E-state index contributed by atoms with van der Waals surface area (Å²) in [6.07, 6.45) is 2.74. The first-order valence-electron chi connectivity index (χ1n) is 6.35. The molecule has 4 nitrogen and oxygen atoms in total. The van der Waals surface area contributed by atoms with Crippen molar-refractivity contribution in [2.24, 2.45) is 0 Å². The van der Waals surface area contributed by atoms with Crippen molar-refractivity contribution in [1.29, 1.82) is 0 Å². The minimum Gasteiger partial charge on any atom is -0.478 e. The van der Waals surface area contributed by atoms with E-state index in [0.717, 1.165) is 30.5 Å². The van der Waals surface area contributed by atoms with Gasteiger partial charge in [0.05, 0.1) is 18.8 Å². The molecule has 1 aliphatic heterocycles. The maximum Gasteiger partial charge on any atom is 0.328 e. The Hall–Kier alpha value is -1.81. The molecule has 0 saturated carbocycles. The quantitative estimate of drug-likeness (QED) is 0.849. The van der Waals surface area contributed by atoms with E-state index in [2.05, 4.69) is 18.7 Å². The summed E-state index contributed by atoms with van der Waals surface area (Å²) >= 11 is 0. The molecule has 0 atom stereocenters. The van der Waals surface area contributed by atoms with Crippen LogP contribution in [0.3, 0.4) is 0 Å². The Kier molecular flexibility index (Phi) is 3.90. The van der Waals surface area contributed by atoms with Gasteiger partial charge in [-0.15, -0.1) is 0 Å². The Bertz CT molecular complexity index is 477. The molecule has 1 aromatic rings. The molecule has 1 aliphatic rings. The molecule has 1 aromatic carbocycles. The van der Waals surface area contributed by atoms with Gasteiger partial charge >= 0.3 is 5.97 Å². The average Bonchev–Trinajstić information content (AvgIpc) is 2.37. The van der Waals surface area contributed by atoms with Crippen LogP contribution in [0, 0.1) is 0 Å². The minimum atomic E-state index is -0.932. The van der Waals surface area contributed by atoms with Crippen molar-refractivity contribution < 1.29 is 14.6 Å². The maximum absolute atomic E-state index is 10.5. The summed E-state index contributed by atoms with van der Waals surface area (Å²) in [6, 6.07) is 7.91. The van der Waals surface area contributed by atoms with E-state index in [0.29, 0.717) is 6.61 Å². The molecule has 0 aromatic heterocycles. The average molecular weight is 261 g/mol.